The number of hydrogen-bond acceptors (Lipinski definition) is 2. The zero-order valence-electron chi connectivity index (χ0n) is 8.30. The molecule has 1 N–H and O–H groups in total. The van der Waals surface area contributed by atoms with Gasteiger partial charge >= 0.3 is 5.97 Å². The molecule has 2 aromatic rings. The molecule has 1 heterocycles. The van der Waals surface area contributed by atoms with Gasteiger partial charge < -0.3 is 9.67 Å². The van der Waals surface area contributed by atoms with E-state index in [0.29, 0.717) is 11.6 Å². The number of carbonyl (C=O) groups is 1. The summed E-state index contributed by atoms with van der Waals surface area (Å²) in [6.07, 6.45) is 3.08. The molecule has 0 aliphatic rings. The summed E-state index contributed by atoms with van der Waals surface area (Å²) >= 11 is 5.99. The van der Waals surface area contributed by atoms with E-state index < -0.39 is 5.97 Å². The molecular formula is C11H9ClN2O2. The van der Waals surface area contributed by atoms with Crippen molar-refractivity contribution in [3.63, 3.8) is 0 Å². The van der Waals surface area contributed by atoms with Crippen molar-refractivity contribution < 1.29 is 9.90 Å². The zero-order chi connectivity index (χ0) is 11.5. The molecule has 0 fully saturated rings. The predicted octanol–water partition coefficient (Wildman–Crippen LogP) is 2.28. The first-order valence-electron chi connectivity index (χ1n) is 4.66. The molecule has 0 unspecified atom stereocenters. The Morgan fingerprint density at radius 3 is 2.88 bits per heavy atom. The zero-order valence-corrected chi connectivity index (χ0v) is 9.05. The number of rotatable bonds is 3. The number of benzene rings is 1. The van der Waals surface area contributed by atoms with Crippen LogP contribution in [0.3, 0.4) is 0 Å². The Morgan fingerprint density at radius 2 is 2.19 bits per heavy atom. The van der Waals surface area contributed by atoms with E-state index in [-0.39, 0.29) is 5.82 Å². The molecule has 1 aromatic carbocycles. The molecule has 16 heavy (non-hydrogen) atoms. The highest BCUT2D eigenvalue weighted by Crippen LogP contribution is 2.16. The third-order valence-corrected chi connectivity index (χ3v) is 2.57. The van der Waals surface area contributed by atoms with E-state index in [1.165, 1.54) is 6.20 Å². The van der Waals surface area contributed by atoms with Crippen LogP contribution in [-0.2, 0) is 6.54 Å². The summed E-state index contributed by atoms with van der Waals surface area (Å²) in [6.45, 7) is 0.404. The number of hydrogen-bond donors (Lipinski definition) is 1. The SMILES string of the molecule is O=C(O)c1nccn1Cc1ccccc1Cl. The quantitative estimate of drug-likeness (QED) is 0.890. The first kappa shape index (κ1) is 10.7. The van der Waals surface area contributed by atoms with Crippen LogP contribution in [0.4, 0.5) is 0 Å². The monoisotopic (exact) mass is 236 g/mol. The van der Waals surface area contributed by atoms with E-state index in [4.69, 9.17) is 16.7 Å². The fourth-order valence-corrected chi connectivity index (χ4v) is 1.64. The van der Waals surface area contributed by atoms with Gasteiger partial charge in [-0.15, -0.1) is 0 Å². The van der Waals surface area contributed by atoms with Crippen LogP contribution in [-0.4, -0.2) is 20.6 Å². The van der Waals surface area contributed by atoms with Gasteiger partial charge in [-0.3, -0.25) is 0 Å². The van der Waals surface area contributed by atoms with E-state index in [0.717, 1.165) is 5.56 Å². The molecule has 1 aromatic heterocycles. The number of halogens is 1. The van der Waals surface area contributed by atoms with Crippen molar-refractivity contribution in [1.29, 1.82) is 0 Å². The molecule has 0 amide bonds. The minimum Gasteiger partial charge on any atom is -0.475 e. The van der Waals surface area contributed by atoms with Crippen LogP contribution in [0, 0.1) is 0 Å². The van der Waals surface area contributed by atoms with Crippen molar-refractivity contribution in [2.75, 3.05) is 0 Å². The lowest BCUT2D eigenvalue weighted by Gasteiger charge is -2.06. The van der Waals surface area contributed by atoms with Crippen LogP contribution >= 0.6 is 11.6 Å². The van der Waals surface area contributed by atoms with E-state index in [1.54, 1.807) is 16.8 Å². The highest BCUT2D eigenvalue weighted by molar-refractivity contribution is 6.31. The molecule has 4 nitrogen and oxygen atoms in total. The van der Waals surface area contributed by atoms with E-state index in [9.17, 15) is 4.79 Å². The summed E-state index contributed by atoms with van der Waals surface area (Å²) < 4.78 is 1.55. The van der Waals surface area contributed by atoms with Crippen molar-refractivity contribution in [3.8, 4) is 0 Å². The molecule has 82 valence electrons. The van der Waals surface area contributed by atoms with Crippen molar-refractivity contribution in [1.82, 2.24) is 9.55 Å². The van der Waals surface area contributed by atoms with Gasteiger partial charge in [0.15, 0.2) is 0 Å². The molecule has 0 bridgehead atoms. The fourth-order valence-electron chi connectivity index (χ4n) is 1.44. The van der Waals surface area contributed by atoms with Gasteiger partial charge in [-0.05, 0) is 11.6 Å². The summed E-state index contributed by atoms with van der Waals surface area (Å²) in [5, 5.41) is 9.50. The lowest BCUT2D eigenvalue weighted by Crippen LogP contribution is -2.10. The molecule has 0 atom stereocenters. The largest absolute Gasteiger partial charge is 0.475 e. The lowest BCUT2D eigenvalue weighted by molar-refractivity contribution is 0.0679. The van der Waals surface area contributed by atoms with Gasteiger partial charge in [-0.2, -0.15) is 0 Å². The first-order valence-corrected chi connectivity index (χ1v) is 5.04. The normalized spacial score (nSPS) is 10.3. The molecule has 0 aliphatic heterocycles. The number of aromatic nitrogens is 2. The highest BCUT2D eigenvalue weighted by Gasteiger charge is 2.11. The Bertz CT molecular complexity index is 522. The van der Waals surface area contributed by atoms with Crippen molar-refractivity contribution >= 4 is 17.6 Å². The van der Waals surface area contributed by atoms with Crippen LogP contribution < -0.4 is 0 Å². The molecule has 0 saturated carbocycles. The Kier molecular flexibility index (Phi) is 2.92. The van der Waals surface area contributed by atoms with Crippen molar-refractivity contribution in [3.05, 3.63) is 53.1 Å². The van der Waals surface area contributed by atoms with Crippen LogP contribution in [0.1, 0.15) is 16.2 Å². The van der Waals surface area contributed by atoms with Gasteiger partial charge in [-0.25, -0.2) is 9.78 Å². The number of imidazole rings is 1. The van der Waals surface area contributed by atoms with E-state index >= 15 is 0 Å². The summed E-state index contributed by atoms with van der Waals surface area (Å²) in [4.78, 5) is 14.6. The average molecular weight is 237 g/mol. The third kappa shape index (κ3) is 2.06. The third-order valence-electron chi connectivity index (χ3n) is 2.21. The summed E-state index contributed by atoms with van der Waals surface area (Å²) in [7, 11) is 0. The maximum Gasteiger partial charge on any atom is 0.372 e. The topological polar surface area (TPSA) is 55.1 Å². The average Bonchev–Trinajstić information content (AvgIpc) is 2.69. The number of carboxylic acids is 1. The number of aromatic carboxylic acids is 1. The van der Waals surface area contributed by atoms with Gasteiger partial charge in [0.05, 0.1) is 6.54 Å². The Labute approximate surface area is 97.1 Å². The van der Waals surface area contributed by atoms with Crippen LogP contribution in [0.15, 0.2) is 36.7 Å². The maximum atomic E-state index is 10.8. The summed E-state index contributed by atoms with van der Waals surface area (Å²) in [6, 6.07) is 7.32. The Morgan fingerprint density at radius 1 is 1.44 bits per heavy atom. The second kappa shape index (κ2) is 4.37. The molecule has 0 radical (unpaired) electrons. The second-order valence-corrected chi connectivity index (χ2v) is 3.68. The molecule has 5 heteroatoms. The minimum absolute atomic E-state index is 0.0138. The molecule has 0 spiro atoms. The summed E-state index contributed by atoms with van der Waals surface area (Å²) in [5.74, 6) is -1.03. The van der Waals surface area contributed by atoms with Crippen molar-refractivity contribution in [2.45, 2.75) is 6.54 Å². The van der Waals surface area contributed by atoms with E-state index in [1.807, 2.05) is 18.2 Å². The van der Waals surface area contributed by atoms with Crippen LogP contribution in [0.2, 0.25) is 5.02 Å². The number of nitrogens with zero attached hydrogens (tertiary/aromatic N) is 2. The lowest BCUT2D eigenvalue weighted by atomic mass is 10.2. The molecule has 2 rings (SSSR count). The molecule has 0 aliphatic carbocycles. The predicted molar refractivity (Wildman–Crippen MR) is 59.7 cm³/mol. The van der Waals surface area contributed by atoms with Gasteiger partial charge in [0, 0.05) is 17.4 Å². The minimum atomic E-state index is -1.04. The standard InChI is InChI=1S/C11H9ClN2O2/c12-9-4-2-1-3-8(9)7-14-6-5-13-10(14)11(15)16/h1-6H,7H2,(H,15,16). The Hall–Kier alpha value is -1.81. The van der Waals surface area contributed by atoms with Gasteiger partial charge in [0.25, 0.3) is 0 Å². The highest BCUT2D eigenvalue weighted by atomic mass is 35.5. The Balaban J connectivity index is 2.31. The van der Waals surface area contributed by atoms with Crippen molar-refractivity contribution in [2.24, 2.45) is 0 Å². The maximum absolute atomic E-state index is 10.8. The first-order chi connectivity index (χ1) is 7.68. The number of carboxylic acid groups (broad SMARTS) is 1. The summed E-state index contributed by atoms with van der Waals surface area (Å²) in [5.41, 5.74) is 0.865. The van der Waals surface area contributed by atoms with Gasteiger partial charge in [0.1, 0.15) is 0 Å². The molecule has 0 saturated heterocycles. The second-order valence-electron chi connectivity index (χ2n) is 3.28. The fraction of sp³-hybridized carbons (Fsp3) is 0.0909. The van der Waals surface area contributed by atoms with Gasteiger partial charge in [0.2, 0.25) is 5.82 Å². The smallest absolute Gasteiger partial charge is 0.372 e. The van der Waals surface area contributed by atoms with Crippen LogP contribution in [0.5, 0.6) is 0 Å². The molecular weight excluding hydrogens is 228 g/mol. The van der Waals surface area contributed by atoms with E-state index in [2.05, 4.69) is 4.98 Å². The van der Waals surface area contributed by atoms with Gasteiger partial charge in [-0.1, -0.05) is 29.8 Å². The van der Waals surface area contributed by atoms with Crippen LogP contribution in [0.25, 0.3) is 0 Å².